The molecule has 3 fully saturated rings. The minimum atomic E-state index is 0.211. The minimum absolute atomic E-state index is 0.211. The molecule has 102 valence electrons. The summed E-state index contributed by atoms with van der Waals surface area (Å²) in [6.07, 6.45) is 2.81. The maximum Gasteiger partial charge on any atom is 0.320 e. The zero-order valence-corrected chi connectivity index (χ0v) is 11.2. The average molecular weight is 253 g/mol. The Kier molecular flexibility index (Phi) is 3.43. The molecule has 1 atom stereocenters. The molecular weight excluding hydrogens is 230 g/mol. The molecule has 2 heterocycles. The van der Waals surface area contributed by atoms with Gasteiger partial charge in [-0.25, -0.2) is 4.79 Å². The first-order valence-electron chi connectivity index (χ1n) is 7.05. The highest BCUT2D eigenvalue weighted by molar-refractivity contribution is 5.77. The molecule has 0 bridgehead atoms. The molecule has 2 aliphatic heterocycles. The molecule has 0 unspecified atom stereocenters. The van der Waals surface area contributed by atoms with Crippen LogP contribution in [0.2, 0.25) is 0 Å². The van der Waals surface area contributed by atoms with Gasteiger partial charge in [0.25, 0.3) is 0 Å². The maximum absolute atomic E-state index is 12.2. The Balaban J connectivity index is 1.54. The third-order valence-corrected chi connectivity index (χ3v) is 4.29. The van der Waals surface area contributed by atoms with Gasteiger partial charge in [-0.05, 0) is 18.8 Å². The second kappa shape index (κ2) is 5.05. The number of ether oxygens (including phenoxy) is 1. The first-order valence-corrected chi connectivity index (χ1v) is 7.05. The fourth-order valence-corrected chi connectivity index (χ4v) is 3.06. The van der Waals surface area contributed by atoms with E-state index < -0.39 is 0 Å². The molecule has 5 heteroatoms. The summed E-state index contributed by atoms with van der Waals surface area (Å²) in [5.74, 6) is 0.943. The number of nitrogens with zero attached hydrogens (tertiary/aromatic N) is 3. The smallest absolute Gasteiger partial charge is 0.320 e. The lowest BCUT2D eigenvalue weighted by Gasteiger charge is -2.36. The molecule has 0 spiro atoms. The molecule has 3 aliphatic rings. The first-order chi connectivity index (χ1) is 8.78. The van der Waals surface area contributed by atoms with Gasteiger partial charge in [0.2, 0.25) is 0 Å². The van der Waals surface area contributed by atoms with E-state index >= 15 is 0 Å². The standard InChI is InChI=1S/C13H23N3O2/c1-18-7-6-15-10-12-9-14(8-11-2-3-11)4-5-16(12)13(15)17/h11-12H,2-10H2,1H3/t12-/m1/s1. The Morgan fingerprint density at radius 1 is 1.28 bits per heavy atom. The van der Waals surface area contributed by atoms with Gasteiger partial charge in [0, 0.05) is 46.4 Å². The van der Waals surface area contributed by atoms with Gasteiger partial charge in [0.15, 0.2) is 0 Å². The van der Waals surface area contributed by atoms with Crippen molar-refractivity contribution < 1.29 is 9.53 Å². The number of rotatable bonds is 5. The predicted octanol–water partition coefficient (Wildman–Crippen LogP) is 0.465. The highest BCUT2D eigenvalue weighted by Crippen LogP contribution is 2.31. The largest absolute Gasteiger partial charge is 0.383 e. The first kappa shape index (κ1) is 12.2. The molecule has 5 nitrogen and oxygen atoms in total. The lowest BCUT2D eigenvalue weighted by molar-refractivity contribution is 0.117. The summed E-state index contributed by atoms with van der Waals surface area (Å²) in [5, 5.41) is 0. The van der Waals surface area contributed by atoms with Gasteiger partial charge in [-0.15, -0.1) is 0 Å². The van der Waals surface area contributed by atoms with Crippen molar-refractivity contribution in [1.82, 2.24) is 14.7 Å². The van der Waals surface area contributed by atoms with Crippen LogP contribution in [0.1, 0.15) is 12.8 Å². The van der Waals surface area contributed by atoms with Crippen molar-refractivity contribution in [1.29, 1.82) is 0 Å². The number of fused-ring (bicyclic) bond motifs is 1. The summed E-state index contributed by atoms with van der Waals surface area (Å²) in [5.41, 5.74) is 0. The Hall–Kier alpha value is -0.810. The quantitative estimate of drug-likeness (QED) is 0.714. The van der Waals surface area contributed by atoms with E-state index in [1.165, 1.54) is 19.4 Å². The third-order valence-electron chi connectivity index (χ3n) is 4.29. The molecule has 3 rings (SSSR count). The van der Waals surface area contributed by atoms with Crippen molar-refractivity contribution in [2.45, 2.75) is 18.9 Å². The molecule has 2 saturated heterocycles. The van der Waals surface area contributed by atoms with Crippen LogP contribution >= 0.6 is 0 Å². The zero-order valence-electron chi connectivity index (χ0n) is 11.2. The number of hydrogen-bond acceptors (Lipinski definition) is 3. The molecule has 2 amide bonds. The number of hydrogen-bond donors (Lipinski definition) is 0. The highest BCUT2D eigenvalue weighted by Gasteiger charge is 2.40. The fraction of sp³-hybridized carbons (Fsp3) is 0.923. The average Bonchev–Trinajstić information content (AvgIpc) is 3.12. The van der Waals surface area contributed by atoms with Gasteiger partial charge in [-0.2, -0.15) is 0 Å². The van der Waals surface area contributed by atoms with E-state index in [9.17, 15) is 4.79 Å². The lowest BCUT2D eigenvalue weighted by atomic mass is 10.2. The molecule has 0 aromatic carbocycles. The van der Waals surface area contributed by atoms with Crippen LogP contribution in [-0.4, -0.2) is 79.8 Å². The molecule has 0 N–H and O–H groups in total. The summed E-state index contributed by atoms with van der Waals surface area (Å²) in [6.45, 7) is 6.51. The number of piperazine rings is 1. The van der Waals surface area contributed by atoms with Crippen LogP contribution in [0.15, 0.2) is 0 Å². The second-order valence-corrected chi connectivity index (χ2v) is 5.77. The van der Waals surface area contributed by atoms with Crippen molar-refractivity contribution in [2.24, 2.45) is 5.92 Å². The summed E-state index contributed by atoms with van der Waals surface area (Å²) < 4.78 is 5.06. The van der Waals surface area contributed by atoms with Gasteiger partial charge < -0.3 is 14.5 Å². The van der Waals surface area contributed by atoms with Gasteiger partial charge in [0.05, 0.1) is 12.6 Å². The molecule has 1 aliphatic carbocycles. The predicted molar refractivity (Wildman–Crippen MR) is 68.5 cm³/mol. The van der Waals surface area contributed by atoms with Crippen molar-refractivity contribution in [2.75, 3.05) is 53.0 Å². The van der Waals surface area contributed by atoms with E-state index in [0.717, 1.165) is 38.6 Å². The third kappa shape index (κ3) is 2.47. The van der Waals surface area contributed by atoms with Crippen molar-refractivity contribution in [3.8, 4) is 0 Å². The van der Waals surface area contributed by atoms with Crippen molar-refractivity contribution in [3.05, 3.63) is 0 Å². The Bertz CT molecular complexity index is 319. The maximum atomic E-state index is 12.2. The van der Waals surface area contributed by atoms with Gasteiger partial charge in [-0.1, -0.05) is 0 Å². The number of carbonyl (C=O) groups excluding carboxylic acids is 1. The zero-order chi connectivity index (χ0) is 12.5. The van der Waals surface area contributed by atoms with Crippen LogP contribution in [0.4, 0.5) is 4.79 Å². The van der Waals surface area contributed by atoms with Crippen LogP contribution in [0.5, 0.6) is 0 Å². The Labute approximate surface area is 109 Å². The lowest BCUT2D eigenvalue weighted by Crippen LogP contribution is -2.52. The monoisotopic (exact) mass is 253 g/mol. The van der Waals surface area contributed by atoms with Crippen LogP contribution in [-0.2, 0) is 4.74 Å². The van der Waals surface area contributed by atoms with Crippen molar-refractivity contribution >= 4 is 6.03 Å². The van der Waals surface area contributed by atoms with Crippen LogP contribution < -0.4 is 0 Å². The molecule has 0 radical (unpaired) electrons. The van der Waals surface area contributed by atoms with Gasteiger partial charge >= 0.3 is 6.03 Å². The van der Waals surface area contributed by atoms with Crippen LogP contribution in [0, 0.1) is 5.92 Å². The highest BCUT2D eigenvalue weighted by atomic mass is 16.5. The van der Waals surface area contributed by atoms with Gasteiger partial charge in [-0.3, -0.25) is 4.90 Å². The topological polar surface area (TPSA) is 36.0 Å². The van der Waals surface area contributed by atoms with Gasteiger partial charge in [0.1, 0.15) is 0 Å². The van der Waals surface area contributed by atoms with E-state index in [1.54, 1.807) is 7.11 Å². The van der Waals surface area contributed by atoms with E-state index in [1.807, 2.05) is 4.90 Å². The van der Waals surface area contributed by atoms with E-state index in [0.29, 0.717) is 12.6 Å². The number of methoxy groups -OCH3 is 1. The summed E-state index contributed by atoms with van der Waals surface area (Å²) >= 11 is 0. The second-order valence-electron chi connectivity index (χ2n) is 5.77. The van der Waals surface area contributed by atoms with E-state index in [-0.39, 0.29) is 6.03 Å². The van der Waals surface area contributed by atoms with Crippen LogP contribution in [0.3, 0.4) is 0 Å². The SMILES string of the molecule is COCCN1C[C@H]2CN(CC3CC3)CCN2C1=O. The molecule has 0 aromatic heterocycles. The van der Waals surface area contributed by atoms with E-state index in [2.05, 4.69) is 9.80 Å². The molecular formula is C13H23N3O2. The molecule has 1 saturated carbocycles. The number of carbonyl (C=O) groups is 1. The Morgan fingerprint density at radius 2 is 2.11 bits per heavy atom. The molecule has 0 aromatic rings. The number of urea groups is 1. The van der Waals surface area contributed by atoms with Crippen molar-refractivity contribution in [3.63, 3.8) is 0 Å². The molecule has 18 heavy (non-hydrogen) atoms. The summed E-state index contributed by atoms with van der Waals surface area (Å²) in [6, 6.07) is 0.616. The number of amides is 2. The van der Waals surface area contributed by atoms with Crippen LogP contribution in [0.25, 0.3) is 0 Å². The summed E-state index contributed by atoms with van der Waals surface area (Å²) in [4.78, 5) is 18.7. The Morgan fingerprint density at radius 3 is 2.83 bits per heavy atom. The summed E-state index contributed by atoms with van der Waals surface area (Å²) in [7, 11) is 1.69. The normalized spacial score (nSPS) is 28.9. The minimum Gasteiger partial charge on any atom is -0.383 e. The van der Waals surface area contributed by atoms with E-state index in [4.69, 9.17) is 4.74 Å². The fourth-order valence-electron chi connectivity index (χ4n) is 3.06.